The molecule has 6 nitrogen and oxygen atoms in total. The molecule has 2 aromatic carbocycles. The number of terminal acetylenes is 1. The highest BCUT2D eigenvalue weighted by Gasteiger charge is 2.04. The van der Waals surface area contributed by atoms with Gasteiger partial charge in [-0.05, 0) is 30.3 Å². The highest BCUT2D eigenvalue weighted by Crippen LogP contribution is 2.09. The van der Waals surface area contributed by atoms with E-state index in [1.807, 2.05) is 30.3 Å². The fourth-order valence-electron chi connectivity index (χ4n) is 2.13. The van der Waals surface area contributed by atoms with Crippen molar-refractivity contribution in [2.45, 2.75) is 0 Å². The summed E-state index contributed by atoms with van der Waals surface area (Å²) in [6.07, 6.45) is 5.35. The van der Waals surface area contributed by atoms with Crippen molar-refractivity contribution in [2.75, 3.05) is 32.1 Å². The van der Waals surface area contributed by atoms with Crippen LogP contribution in [0.5, 0.6) is 5.75 Å². The lowest BCUT2D eigenvalue weighted by atomic mass is 10.2. The molecule has 0 saturated carbocycles. The first-order chi connectivity index (χ1) is 12.7. The monoisotopic (exact) mass is 350 g/mol. The Balaban J connectivity index is 1.69. The number of nitrogens with one attached hydrogen (secondary N) is 3. The number of rotatable bonds is 7. The minimum atomic E-state index is -0.192. The first-order valence-corrected chi connectivity index (χ1v) is 8.20. The molecule has 0 fully saturated rings. The molecule has 0 saturated heterocycles. The lowest BCUT2D eigenvalue weighted by Crippen LogP contribution is -2.42. The average Bonchev–Trinajstić information content (AvgIpc) is 2.68. The SMILES string of the molecule is C#Cc1cccc(NC(=O)CNC(=NC)NCCOc2ccccc2)c1. The van der Waals surface area contributed by atoms with Crippen molar-refractivity contribution in [1.29, 1.82) is 0 Å². The molecule has 2 rings (SSSR count). The van der Waals surface area contributed by atoms with Gasteiger partial charge in [-0.15, -0.1) is 6.42 Å². The molecule has 0 bridgehead atoms. The molecule has 2 aromatic rings. The molecule has 6 heteroatoms. The summed E-state index contributed by atoms with van der Waals surface area (Å²) in [6.45, 7) is 1.12. The van der Waals surface area contributed by atoms with Crippen molar-refractivity contribution in [1.82, 2.24) is 10.6 Å². The number of ether oxygens (including phenoxy) is 1. The van der Waals surface area contributed by atoms with Crippen molar-refractivity contribution in [3.8, 4) is 18.1 Å². The third-order valence-corrected chi connectivity index (χ3v) is 3.36. The van der Waals surface area contributed by atoms with E-state index in [1.54, 1.807) is 31.3 Å². The van der Waals surface area contributed by atoms with Crippen molar-refractivity contribution < 1.29 is 9.53 Å². The quantitative estimate of drug-likeness (QED) is 0.308. The van der Waals surface area contributed by atoms with E-state index in [9.17, 15) is 4.79 Å². The Morgan fingerprint density at radius 2 is 1.96 bits per heavy atom. The van der Waals surface area contributed by atoms with Crippen LogP contribution in [0.4, 0.5) is 5.69 Å². The molecule has 134 valence electrons. The molecule has 0 aromatic heterocycles. The van der Waals surface area contributed by atoms with Gasteiger partial charge in [-0.2, -0.15) is 0 Å². The maximum Gasteiger partial charge on any atom is 0.243 e. The van der Waals surface area contributed by atoms with Crippen molar-refractivity contribution in [3.63, 3.8) is 0 Å². The van der Waals surface area contributed by atoms with Crippen LogP contribution in [0.2, 0.25) is 0 Å². The number of hydrogen-bond acceptors (Lipinski definition) is 3. The predicted molar refractivity (Wildman–Crippen MR) is 104 cm³/mol. The number of carbonyl (C=O) groups is 1. The van der Waals surface area contributed by atoms with E-state index in [1.165, 1.54) is 0 Å². The molecule has 1 amide bonds. The second-order valence-electron chi connectivity index (χ2n) is 5.29. The van der Waals surface area contributed by atoms with Gasteiger partial charge in [-0.1, -0.05) is 30.2 Å². The van der Waals surface area contributed by atoms with Crippen LogP contribution in [-0.2, 0) is 4.79 Å². The number of nitrogens with zero attached hydrogens (tertiary/aromatic N) is 1. The summed E-state index contributed by atoms with van der Waals surface area (Å²) in [5.74, 6) is 3.67. The first kappa shape index (κ1) is 18.9. The molecule has 0 heterocycles. The molecule has 0 aliphatic rings. The van der Waals surface area contributed by atoms with Gasteiger partial charge in [0.25, 0.3) is 0 Å². The summed E-state index contributed by atoms with van der Waals surface area (Å²) >= 11 is 0. The van der Waals surface area contributed by atoms with Gasteiger partial charge in [0.2, 0.25) is 5.91 Å². The lowest BCUT2D eigenvalue weighted by Gasteiger charge is -2.12. The minimum absolute atomic E-state index is 0.0828. The Morgan fingerprint density at radius 3 is 2.69 bits per heavy atom. The second-order valence-corrected chi connectivity index (χ2v) is 5.29. The zero-order chi connectivity index (χ0) is 18.6. The number of hydrogen-bond donors (Lipinski definition) is 3. The number of guanidine groups is 1. The molecule has 0 atom stereocenters. The standard InChI is InChI=1S/C20H22N4O2/c1-3-16-8-7-9-17(14-16)24-19(25)15-23-20(21-2)22-12-13-26-18-10-5-4-6-11-18/h1,4-11,14H,12-13,15H2,2H3,(H,24,25)(H2,21,22,23). The number of anilines is 1. The van der Waals surface area contributed by atoms with E-state index in [0.717, 1.165) is 5.75 Å². The Bertz CT molecular complexity index is 782. The highest BCUT2D eigenvalue weighted by molar-refractivity contribution is 5.95. The van der Waals surface area contributed by atoms with Crippen molar-refractivity contribution in [2.24, 2.45) is 4.99 Å². The Morgan fingerprint density at radius 1 is 1.15 bits per heavy atom. The summed E-state index contributed by atoms with van der Waals surface area (Å²) in [7, 11) is 1.64. The minimum Gasteiger partial charge on any atom is -0.492 e. The van der Waals surface area contributed by atoms with Crippen molar-refractivity contribution >= 4 is 17.6 Å². The van der Waals surface area contributed by atoms with Crippen LogP contribution in [0.1, 0.15) is 5.56 Å². The largest absolute Gasteiger partial charge is 0.492 e. The second kappa shape index (κ2) is 10.4. The Hall–Kier alpha value is -3.46. The summed E-state index contributed by atoms with van der Waals surface area (Å²) in [5.41, 5.74) is 1.37. The van der Waals surface area contributed by atoms with Crippen LogP contribution in [0.3, 0.4) is 0 Å². The third kappa shape index (κ3) is 6.57. The van der Waals surface area contributed by atoms with E-state index < -0.39 is 0 Å². The molecular weight excluding hydrogens is 328 g/mol. The summed E-state index contributed by atoms with van der Waals surface area (Å²) in [4.78, 5) is 16.1. The fourth-order valence-corrected chi connectivity index (χ4v) is 2.13. The van der Waals surface area contributed by atoms with Gasteiger partial charge >= 0.3 is 0 Å². The van der Waals surface area contributed by atoms with Gasteiger partial charge in [0.1, 0.15) is 12.4 Å². The van der Waals surface area contributed by atoms with Gasteiger partial charge < -0.3 is 20.7 Å². The van der Waals surface area contributed by atoms with E-state index in [0.29, 0.717) is 30.4 Å². The highest BCUT2D eigenvalue weighted by atomic mass is 16.5. The molecule has 0 unspecified atom stereocenters. The molecule has 3 N–H and O–H groups in total. The van der Waals surface area contributed by atoms with Gasteiger partial charge in [0.15, 0.2) is 5.96 Å². The van der Waals surface area contributed by atoms with E-state index in [-0.39, 0.29) is 12.5 Å². The van der Waals surface area contributed by atoms with E-state index in [2.05, 4.69) is 26.9 Å². The average molecular weight is 350 g/mol. The van der Waals surface area contributed by atoms with Gasteiger partial charge in [-0.3, -0.25) is 9.79 Å². The van der Waals surface area contributed by atoms with Crippen LogP contribution in [-0.4, -0.2) is 38.6 Å². The van der Waals surface area contributed by atoms with Gasteiger partial charge in [0, 0.05) is 18.3 Å². The van der Waals surface area contributed by atoms with Crippen LogP contribution in [0.15, 0.2) is 59.6 Å². The third-order valence-electron chi connectivity index (χ3n) is 3.36. The number of amides is 1. The van der Waals surface area contributed by atoms with E-state index in [4.69, 9.17) is 11.2 Å². The maximum absolute atomic E-state index is 12.0. The number of benzene rings is 2. The lowest BCUT2D eigenvalue weighted by molar-refractivity contribution is -0.115. The van der Waals surface area contributed by atoms with Crippen LogP contribution >= 0.6 is 0 Å². The molecule has 0 aliphatic heterocycles. The number of aliphatic imine (C=N–C) groups is 1. The summed E-state index contributed by atoms with van der Waals surface area (Å²) in [5, 5.41) is 8.81. The first-order valence-electron chi connectivity index (χ1n) is 8.20. The maximum atomic E-state index is 12.0. The van der Waals surface area contributed by atoms with Crippen LogP contribution in [0.25, 0.3) is 0 Å². The molecule has 0 spiro atoms. The zero-order valence-electron chi connectivity index (χ0n) is 14.7. The molecule has 0 radical (unpaired) electrons. The zero-order valence-corrected chi connectivity index (χ0v) is 14.7. The topological polar surface area (TPSA) is 74.8 Å². The number of carbonyl (C=O) groups excluding carboxylic acids is 1. The Kier molecular flexibility index (Phi) is 7.56. The molecule has 0 aliphatic carbocycles. The smallest absolute Gasteiger partial charge is 0.243 e. The van der Waals surface area contributed by atoms with Gasteiger partial charge in [-0.25, -0.2) is 0 Å². The predicted octanol–water partition coefficient (Wildman–Crippen LogP) is 1.85. The van der Waals surface area contributed by atoms with Crippen molar-refractivity contribution in [3.05, 3.63) is 60.2 Å². The van der Waals surface area contributed by atoms with E-state index >= 15 is 0 Å². The summed E-state index contributed by atoms with van der Waals surface area (Å²) in [6, 6.07) is 16.7. The molecule has 26 heavy (non-hydrogen) atoms. The van der Waals surface area contributed by atoms with Crippen LogP contribution in [0, 0.1) is 12.3 Å². The Labute approximate surface area is 153 Å². The number of para-hydroxylation sites is 1. The van der Waals surface area contributed by atoms with Gasteiger partial charge in [0.05, 0.1) is 13.1 Å². The fraction of sp³-hybridized carbons (Fsp3) is 0.200. The summed E-state index contributed by atoms with van der Waals surface area (Å²) < 4.78 is 5.59. The molecular formula is C20H22N4O2. The normalized spacial score (nSPS) is 10.5. The van der Waals surface area contributed by atoms with Crippen LogP contribution < -0.4 is 20.7 Å².